The van der Waals surface area contributed by atoms with Gasteiger partial charge in [0.05, 0.1) is 11.8 Å². The molecular formula is C28H24ClFN4O2S. The molecule has 188 valence electrons. The number of halogens is 2. The Morgan fingerprint density at radius 1 is 1.11 bits per heavy atom. The van der Waals surface area contributed by atoms with E-state index in [9.17, 15) is 14.0 Å². The number of hydrazone groups is 1. The lowest BCUT2D eigenvalue weighted by Crippen LogP contribution is -2.25. The molecule has 9 heteroatoms. The Morgan fingerprint density at radius 3 is 2.54 bits per heavy atom. The summed E-state index contributed by atoms with van der Waals surface area (Å²) in [5.74, 6) is -1.18. The largest absolute Gasteiger partial charge is 0.326 e. The van der Waals surface area contributed by atoms with Crippen LogP contribution in [0.2, 0.25) is 5.02 Å². The van der Waals surface area contributed by atoms with Gasteiger partial charge in [0.1, 0.15) is 11.1 Å². The van der Waals surface area contributed by atoms with E-state index in [1.165, 1.54) is 17.8 Å². The van der Waals surface area contributed by atoms with Gasteiger partial charge in [0.2, 0.25) is 5.91 Å². The number of benzene rings is 3. The van der Waals surface area contributed by atoms with Gasteiger partial charge in [0, 0.05) is 23.6 Å². The summed E-state index contributed by atoms with van der Waals surface area (Å²) in [5, 5.41) is 9.69. The van der Waals surface area contributed by atoms with Gasteiger partial charge in [0.25, 0.3) is 5.91 Å². The zero-order chi connectivity index (χ0) is 26.1. The number of nitrogens with one attached hydrogen (secondary N) is 1. The smallest absolute Gasteiger partial charge is 0.262 e. The van der Waals surface area contributed by atoms with Gasteiger partial charge in [-0.2, -0.15) is 10.1 Å². The van der Waals surface area contributed by atoms with E-state index in [1.807, 2.05) is 55.5 Å². The Labute approximate surface area is 223 Å². The second kappa shape index (κ2) is 10.5. The molecule has 0 aliphatic carbocycles. The van der Waals surface area contributed by atoms with Crippen LogP contribution in [0.1, 0.15) is 41.1 Å². The number of amidine groups is 1. The van der Waals surface area contributed by atoms with Crippen LogP contribution in [0.3, 0.4) is 0 Å². The van der Waals surface area contributed by atoms with Gasteiger partial charge >= 0.3 is 0 Å². The third-order valence-electron chi connectivity index (χ3n) is 6.30. The summed E-state index contributed by atoms with van der Waals surface area (Å²) >= 11 is 7.33. The van der Waals surface area contributed by atoms with Gasteiger partial charge in [-0.1, -0.05) is 71.4 Å². The first-order valence-corrected chi connectivity index (χ1v) is 13.1. The first kappa shape index (κ1) is 25.2. The van der Waals surface area contributed by atoms with Crippen molar-refractivity contribution in [3.8, 4) is 0 Å². The lowest BCUT2D eigenvalue weighted by molar-refractivity contribution is -0.121. The highest BCUT2D eigenvalue weighted by atomic mass is 35.5. The van der Waals surface area contributed by atoms with Crippen LogP contribution in [0.5, 0.6) is 0 Å². The zero-order valence-electron chi connectivity index (χ0n) is 20.2. The molecule has 2 aliphatic rings. The van der Waals surface area contributed by atoms with Crippen molar-refractivity contribution in [3.63, 3.8) is 0 Å². The number of aliphatic imine (C=N–C) groups is 1. The molecule has 0 aromatic heterocycles. The summed E-state index contributed by atoms with van der Waals surface area (Å²) in [5.41, 5.74) is 4.88. The maximum absolute atomic E-state index is 13.8. The lowest BCUT2D eigenvalue weighted by atomic mass is 9.98. The molecule has 3 aromatic rings. The predicted molar refractivity (Wildman–Crippen MR) is 147 cm³/mol. The van der Waals surface area contributed by atoms with Crippen molar-refractivity contribution in [1.82, 2.24) is 5.01 Å². The summed E-state index contributed by atoms with van der Waals surface area (Å²) in [7, 11) is 0. The predicted octanol–water partition coefficient (Wildman–Crippen LogP) is 6.27. The van der Waals surface area contributed by atoms with E-state index in [1.54, 1.807) is 24.1 Å². The molecule has 0 unspecified atom stereocenters. The van der Waals surface area contributed by atoms with Gasteiger partial charge in [-0.25, -0.2) is 9.40 Å². The lowest BCUT2D eigenvalue weighted by Gasteiger charge is -2.23. The molecule has 0 saturated heterocycles. The molecule has 1 N–H and O–H groups in total. The van der Waals surface area contributed by atoms with Crippen molar-refractivity contribution >= 4 is 51.7 Å². The van der Waals surface area contributed by atoms with E-state index in [-0.39, 0.29) is 24.3 Å². The average Bonchev–Trinajstić information content (AvgIpc) is 3.46. The summed E-state index contributed by atoms with van der Waals surface area (Å²) in [6.45, 7) is 3.68. The maximum atomic E-state index is 13.8. The molecular weight excluding hydrogens is 511 g/mol. The van der Waals surface area contributed by atoms with Crippen molar-refractivity contribution in [1.29, 1.82) is 0 Å². The number of aryl methyl sites for hydroxylation is 2. The summed E-state index contributed by atoms with van der Waals surface area (Å²) in [6, 6.07) is 20.0. The molecule has 0 radical (unpaired) electrons. The topological polar surface area (TPSA) is 74.1 Å². The van der Waals surface area contributed by atoms with Gasteiger partial charge in [-0.3, -0.25) is 9.59 Å². The van der Waals surface area contributed by atoms with E-state index >= 15 is 0 Å². The van der Waals surface area contributed by atoms with E-state index in [0.717, 1.165) is 22.4 Å². The van der Waals surface area contributed by atoms with Crippen molar-refractivity contribution in [2.75, 3.05) is 5.32 Å². The number of nitrogens with zero attached hydrogens (tertiary/aromatic N) is 3. The summed E-state index contributed by atoms with van der Waals surface area (Å²) in [6.07, 6.45) is 0.544. The van der Waals surface area contributed by atoms with Gasteiger partial charge in [-0.15, -0.1) is 0 Å². The molecule has 3 aromatic carbocycles. The first-order valence-electron chi connectivity index (χ1n) is 11.8. The van der Waals surface area contributed by atoms with Gasteiger partial charge < -0.3 is 5.32 Å². The minimum absolute atomic E-state index is 0.0834. The second-order valence-corrected chi connectivity index (χ2v) is 10.7. The molecule has 0 saturated carbocycles. The van der Waals surface area contributed by atoms with E-state index in [0.29, 0.717) is 27.9 Å². The molecule has 6 nitrogen and oxygen atoms in total. The van der Waals surface area contributed by atoms with E-state index in [4.69, 9.17) is 16.7 Å². The average molecular weight is 535 g/mol. The SMILES string of the molecule is Cc1ccc(C2=NN(C3=NC(=O)[C@@H](CC(=O)Nc4ccc(C)c(F)c4)S3)[C@@H](c3ccc(Cl)cc3)C2)cc1. The zero-order valence-corrected chi connectivity index (χ0v) is 21.8. The Morgan fingerprint density at radius 2 is 1.84 bits per heavy atom. The molecule has 0 spiro atoms. The fourth-order valence-corrected chi connectivity index (χ4v) is 5.39. The monoisotopic (exact) mass is 534 g/mol. The van der Waals surface area contributed by atoms with Crippen LogP contribution >= 0.6 is 23.4 Å². The molecule has 37 heavy (non-hydrogen) atoms. The van der Waals surface area contributed by atoms with E-state index in [2.05, 4.69) is 10.3 Å². The quantitative estimate of drug-likeness (QED) is 0.418. The van der Waals surface area contributed by atoms with Gasteiger partial charge in [0.15, 0.2) is 5.17 Å². The fraction of sp³-hybridized carbons (Fsp3) is 0.214. The second-order valence-electron chi connectivity index (χ2n) is 9.08. The molecule has 2 heterocycles. The maximum Gasteiger partial charge on any atom is 0.262 e. The Balaban J connectivity index is 1.34. The standard InChI is InChI=1S/C28H24ClFN4O2S/c1-16-3-6-18(7-4-16)23-14-24(19-8-10-20(29)11-9-19)34(33-23)28-32-27(36)25(37-28)15-26(35)31-21-12-5-17(2)22(30)13-21/h3-13,24-25H,14-15H2,1-2H3,(H,31,35)/t24-,25-/m1/s1. The minimum Gasteiger partial charge on any atom is -0.326 e. The Kier molecular flexibility index (Phi) is 7.13. The molecule has 5 rings (SSSR count). The van der Waals surface area contributed by atoms with Crippen LogP contribution in [0.4, 0.5) is 10.1 Å². The van der Waals surface area contributed by atoms with Crippen LogP contribution in [-0.2, 0) is 9.59 Å². The van der Waals surface area contributed by atoms with Crippen molar-refractivity contribution in [3.05, 3.63) is 99.8 Å². The fourth-order valence-electron chi connectivity index (χ4n) is 4.21. The van der Waals surface area contributed by atoms with Crippen LogP contribution in [0, 0.1) is 19.7 Å². The Bertz CT molecular complexity index is 1420. The highest BCUT2D eigenvalue weighted by molar-refractivity contribution is 8.15. The molecule has 0 bridgehead atoms. The van der Waals surface area contributed by atoms with Crippen LogP contribution in [0.25, 0.3) is 0 Å². The van der Waals surface area contributed by atoms with Crippen molar-refractivity contribution in [2.24, 2.45) is 10.1 Å². The summed E-state index contributed by atoms with van der Waals surface area (Å²) < 4.78 is 13.8. The van der Waals surface area contributed by atoms with Crippen LogP contribution < -0.4 is 5.32 Å². The van der Waals surface area contributed by atoms with Crippen molar-refractivity contribution < 1.29 is 14.0 Å². The molecule has 2 atom stereocenters. The Hall–Kier alpha value is -3.49. The molecule has 0 fully saturated rings. The number of amides is 2. The van der Waals surface area contributed by atoms with Crippen LogP contribution in [0.15, 0.2) is 76.8 Å². The highest BCUT2D eigenvalue weighted by Crippen LogP contribution is 2.39. The number of hydrogen-bond donors (Lipinski definition) is 1. The first-order chi connectivity index (χ1) is 17.8. The minimum atomic E-state index is -0.685. The normalized spacial score (nSPS) is 19.1. The number of carbonyl (C=O) groups excluding carboxylic acids is 2. The number of carbonyl (C=O) groups is 2. The van der Waals surface area contributed by atoms with E-state index < -0.39 is 11.1 Å². The third kappa shape index (κ3) is 5.60. The highest BCUT2D eigenvalue weighted by Gasteiger charge is 2.39. The third-order valence-corrected chi connectivity index (χ3v) is 7.70. The number of rotatable bonds is 5. The van der Waals surface area contributed by atoms with Crippen LogP contribution in [-0.4, -0.2) is 33.0 Å². The number of anilines is 1. The molecule has 2 aliphatic heterocycles. The summed E-state index contributed by atoms with van der Waals surface area (Å²) in [4.78, 5) is 29.6. The van der Waals surface area contributed by atoms with Gasteiger partial charge in [-0.05, 0) is 54.8 Å². The van der Waals surface area contributed by atoms with Crippen molar-refractivity contribution in [2.45, 2.75) is 38.0 Å². The molecule has 2 amide bonds. The number of hydrogen-bond acceptors (Lipinski definition) is 5. The number of thioether (sulfide) groups is 1.